The van der Waals surface area contributed by atoms with Crippen molar-refractivity contribution in [3.8, 4) is 0 Å². The van der Waals surface area contributed by atoms with Crippen molar-refractivity contribution in [1.82, 2.24) is 4.90 Å². The van der Waals surface area contributed by atoms with E-state index in [4.69, 9.17) is 0 Å². The van der Waals surface area contributed by atoms with Crippen LogP contribution in [0.5, 0.6) is 0 Å². The van der Waals surface area contributed by atoms with Crippen molar-refractivity contribution >= 4 is 11.7 Å². The second kappa shape index (κ2) is 7.04. The smallest absolute Gasteiger partial charge is 0.225 e. The van der Waals surface area contributed by atoms with E-state index in [0.717, 1.165) is 0 Å². The minimum absolute atomic E-state index is 0.0137. The van der Waals surface area contributed by atoms with Crippen molar-refractivity contribution in [3.63, 3.8) is 0 Å². The molecule has 0 aromatic heterocycles. The summed E-state index contributed by atoms with van der Waals surface area (Å²) in [7, 11) is 0. The van der Waals surface area contributed by atoms with Crippen molar-refractivity contribution in [2.24, 2.45) is 0 Å². The monoisotopic (exact) mass is 263 g/mol. The molecule has 0 spiro atoms. The van der Waals surface area contributed by atoms with Crippen LogP contribution in [0, 0.1) is 0 Å². The highest BCUT2D eigenvalue weighted by Crippen LogP contribution is 2.18. The lowest BCUT2D eigenvalue weighted by Gasteiger charge is -2.20. The first-order valence-electron chi connectivity index (χ1n) is 6.56. The van der Waals surface area contributed by atoms with Gasteiger partial charge in [-0.05, 0) is 26.3 Å². The first kappa shape index (κ1) is 15.4. The van der Waals surface area contributed by atoms with Gasteiger partial charge in [-0.15, -0.1) is 0 Å². The van der Waals surface area contributed by atoms with Gasteiger partial charge in [0.15, 0.2) is 5.78 Å². The zero-order valence-corrected chi connectivity index (χ0v) is 11.7. The zero-order chi connectivity index (χ0) is 14.4. The Hall–Kier alpha value is -1.68. The van der Waals surface area contributed by atoms with Crippen LogP contribution in [0.4, 0.5) is 0 Å². The van der Waals surface area contributed by atoms with Crippen molar-refractivity contribution in [1.29, 1.82) is 0 Å². The molecule has 4 nitrogen and oxygen atoms in total. The van der Waals surface area contributed by atoms with E-state index in [1.807, 2.05) is 13.8 Å². The largest absolute Gasteiger partial charge is 0.388 e. The molecule has 1 aromatic rings. The molecule has 0 radical (unpaired) electrons. The van der Waals surface area contributed by atoms with Crippen LogP contribution in [0.25, 0.3) is 0 Å². The van der Waals surface area contributed by atoms with Crippen LogP contribution in [0.2, 0.25) is 0 Å². The summed E-state index contributed by atoms with van der Waals surface area (Å²) in [6.45, 7) is 6.61. The molecule has 1 rings (SSSR count). The summed E-state index contributed by atoms with van der Waals surface area (Å²) in [6, 6.07) is 6.72. The van der Waals surface area contributed by atoms with Crippen LogP contribution in [0.15, 0.2) is 24.3 Å². The van der Waals surface area contributed by atoms with Crippen LogP contribution in [0.1, 0.15) is 49.2 Å². The molecule has 0 heterocycles. The number of hydrogen-bond donors (Lipinski definition) is 1. The minimum Gasteiger partial charge on any atom is -0.388 e. The van der Waals surface area contributed by atoms with Gasteiger partial charge in [-0.1, -0.05) is 24.3 Å². The maximum absolute atomic E-state index is 11.9. The molecule has 1 unspecified atom stereocenters. The molecule has 19 heavy (non-hydrogen) atoms. The van der Waals surface area contributed by atoms with E-state index >= 15 is 0 Å². The Morgan fingerprint density at radius 1 is 1.16 bits per heavy atom. The third kappa shape index (κ3) is 4.17. The number of aliphatic hydroxyl groups is 1. The summed E-state index contributed by atoms with van der Waals surface area (Å²) in [5.41, 5.74) is 1.26. The Bertz CT molecular complexity index is 435. The standard InChI is InChI=1S/C15H21NO3/c1-4-16(5-2)15(19)10-14(18)13-8-6-12(7-9-13)11(3)17/h6-9,14,18H,4-5,10H2,1-3H3. The fraction of sp³-hybridized carbons (Fsp3) is 0.467. The highest BCUT2D eigenvalue weighted by atomic mass is 16.3. The molecule has 0 saturated carbocycles. The highest BCUT2D eigenvalue weighted by Gasteiger charge is 2.16. The normalized spacial score (nSPS) is 12.0. The number of aliphatic hydroxyl groups excluding tert-OH is 1. The maximum Gasteiger partial charge on any atom is 0.225 e. The van der Waals surface area contributed by atoms with E-state index in [0.29, 0.717) is 24.2 Å². The SMILES string of the molecule is CCN(CC)C(=O)CC(O)c1ccc(C(C)=O)cc1. The van der Waals surface area contributed by atoms with Gasteiger partial charge in [0.2, 0.25) is 5.91 Å². The molecule has 4 heteroatoms. The van der Waals surface area contributed by atoms with E-state index in [-0.39, 0.29) is 18.1 Å². The molecule has 0 aliphatic heterocycles. The molecule has 0 aliphatic rings. The van der Waals surface area contributed by atoms with Gasteiger partial charge in [-0.3, -0.25) is 9.59 Å². The van der Waals surface area contributed by atoms with Crippen molar-refractivity contribution in [3.05, 3.63) is 35.4 Å². The van der Waals surface area contributed by atoms with Gasteiger partial charge in [0.1, 0.15) is 0 Å². The average molecular weight is 263 g/mol. The van der Waals surface area contributed by atoms with Crippen LogP contribution >= 0.6 is 0 Å². The van der Waals surface area contributed by atoms with Gasteiger partial charge in [0, 0.05) is 18.7 Å². The van der Waals surface area contributed by atoms with Crippen molar-refractivity contribution in [2.75, 3.05) is 13.1 Å². The van der Waals surface area contributed by atoms with Crippen LogP contribution in [0.3, 0.4) is 0 Å². The molecular weight excluding hydrogens is 242 g/mol. The van der Waals surface area contributed by atoms with Gasteiger partial charge in [-0.25, -0.2) is 0 Å². The quantitative estimate of drug-likeness (QED) is 0.800. The predicted octanol–water partition coefficient (Wildman–Crippen LogP) is 2.18. The molecule has 0 aliphatic carbocycles. The van der Waals surface area contributed by atoms with Gasteiger partial charge < -0.3 is 10.0 Å². The summed E-state index contributed by atoms with van der Waals surface area (Å²) in [5.74, 6) is -0.0756. The number of ketones is 1. The fourth-order valence-corrected chi connectivity index (χ4v) is 1.93. The molecule has 1 amide bonds. The van der Waals surface area contributed by atoms with Crippen LogP contribution < -0.4 is 0 Å². The number of nitrogens with zero attached hydrogens (tertiary/aromatic N) is 1. The summed E-state index contributed by atoms with van der Waals surface area (Å²) >= 11 is 0. The van der Waals surface area contributed by atoms with Gasteiger partial charge in [0.05, 0.1) is 12.5 Å². The van der Waals surface area contributed by atoms with Gasteiger partial charge in [0.25, 0.3) is 0 Å². The average Bonchev–Trinajstić information content (AvgIpc) is 2.40. The van der Waals surface area contributed by atoms with Crippen molar-refractivity contribution < 1.29 is 14.7 Å². The van der Waals surface area contributed by atoms with E-state index in [2.05, 4.69) is 0 Å². The third-order valence-electron chi connectivity index (χ3n) is 3.19. The Balaban J connectivity index is 2.70. The number of carbonyl (C=O) groups excluding carboxylic acids is 2. The molecular formula is C15H21NO3. The van der Waals surface area contributed by atoms with E-state index in [9.17, 15) is 14.7 Å². The molecule has 104 valence electrons. The lowest BCUT2D eigenvalue weighted by molar-refractivity contribution is -0.132. The highest BCUT2D eigenvalue weighted by molar-refractivity contribution is 5.94. The molecule has 1 N–H and O–H groups in total. The second-order valence-electron chi connectivity index (χ2n) is 4.46. The number of carbonyl (C=O) groups is 2. The number of Topliss-reactive ketones (excluding diaryl/α,β-unsaturated/α-hetero) is 1. The summed E-state index contributed by atoms with van der Waals surface area (Å²) in [5, 5.41) is 10.0. The molecule has 1 aromatic carbocycles. The second-order valence-corrected chi connectivity index (χ2v) is 4.46. The Morgan fingerprint density at radius 2 is 1.68 bits per heavy atom. The third-order valence-corrected chi connectivity index (χ3v) is 3.19. The molecule has 0 saturated heterocycles. The first-order chi connectivity index (χ1) is 8.99. The number of hydrogen-bond acceptors (Lipinski definition) is 3. The van der Waals surface area contributed by atoms with Gasteiger partial charge >= 0.3 is 0 Å². The number of rotatable bonds is 6. The van der Waals surface area contributed by atoms with E-state index in [1.165, 1.54) is 6.92 Å². The molecule has 0 bridgehead atoms. The topological polar surface area (TPSA) is 57.6 Å². The lowest BCUT2D eigenvalue weighted by atomic mass is 10.0. The van der Waals surface area contributed by atoms with E-state index < -0.39 is 6.10 Å². The number of benzene rings is 1. The molecule has 1 atom stereocenters. The predicted molar refractivity (Wildman–Crippen MR) is 74.0 cm³/mol. The maximum atomic E-state index is 11.9. The zero-order valence-electron chi connectivity index (χ0n) is 11.7. The number of amides is 1. The Morgan fingerprint density at radius 3 is 2.11 bits per heavy atom. The fourth-order valence-electron chi connectivity index (χ4n) is 1.93. The minimum atomic E-state index is -0.825. The summed E-state index contributed by atoms with van der Waals surface area (Å²) < 4.78 is 0. The van der Waals surface area contributed by atoms with Crippen LogP contribution in [-0.4, -0.2) is 34.8 Å². The summed E-state index contributed by atoms with van der Waals surface area (Å²) in [6.07, 6.45) is -0.754. The lowest BCUT2D eigenvalue weighted by Crippen LogP contribution is -2.31. The first-order valence-corrected chi connectivity index (χ1v) is 6.56. The summed E-state index contributed by atoms with van der Waals surface area (Å²) in [4.78, 5) is 24.7. The van der Waals surface area contributed by atoms with Crippen molar-refractivity contribution in [2.45, 2.75) is 33.3 Å². The van der Waals surface area contributed by atoms with Gasteiger partial charge in [-0.2, -0.15) is 0 Å². The molecule has 0 fully saturated rings. The Kier molecular flexibility index (Phi) is 5.70. The Labute approximate surface area is 114 Å². The van der Waals surface area contributed by atoms with E-state index in [1.54, 1.807) is 29.2 Å². The van der Waals surface area contributed by atoms with Crippen LogP contribution in [-0.2, 0) is 4.79 Å².